The van der Waals surface area contributed by atoms with Crippen LogP contribution in [0.1, 0.15) is 45.1 Å². The molecule has 4 heteroatoms. The highest BCUT2D eigenvalue weighted by atomic mass is 19.1. The first-order valence-electron chi connectivity index (χ1n) is 6.98. The minimum absolute atomic E-state index is 0.141. The number of nitrogens with one attached hydrogen (secondary N) is 1. The second kappa shape index (κ2) is 7.04. The number of carbonyl (C=O) groups excluding carboxylic acids is 1. The molecule has 0 bridgehead atoms. The summed E-state index contributed by atoms with van der Waals surface area (Å²) in [5.74, 6) is -0.892. The molecule has 1 aromatic rings. The molecule has 0 aliphatic heterocycles. The summed E-state index contributed by atoms with van der Waals surface area (Å²) in [5, 5.41) is 12.0. The Morgan fingerprint density at radius 2 is 1.95 bits per heavy atom. The van der Waals surface area contributed by atoms with Crippen molar-refractivity contribution in [3.63, 3.8) is 0 Å². The first-order chi connectivity index (χ1) is 9.49. The summed E-state index contributed by atoms with van der Waals surface area (Å²) in [5.41, 5.74) is -0.0725. The number of nitriles is 1. The average Bonchev–Trinajstić information content (AvgIpc) is 2.42. The molecule has 0 aromatic heterocycles. The summed E-state index contributed by atoms with van der Waals surface area (Å²) in [6.07, 6.45) is 2.43. The summed E-state index contributed by atoms with van der Waals surface area (Å²) in [7, 11) is 0. The maximum absolute atomic E-state index is 13.7. The van der Waals surface area contributed by atoms with Gasteiger partial charge < -0.3 is 5.32 Å². The topological polar surface area (TPSA) is 52.9 Å². The van der Waals surface area contributed by atoms with Gasteiger partial charge in [0.1, 0.15) is 11.2 Å². The van der Waals surface area contributed by atoms with Gasteiger partial charge in [-0.2, -0.15) is 5.26 Å². The summed E-state index contributed by atoms with van der Waals surface area (Å²) in [6.45, 7) is 5.69. The molecule has 0 fully saturated rings. The van der Waals surface area contributed by atoms with Crippen LogP contribution in [0.25, 0.3) is 0 Å². The zero-order valence-electron chi connectivity index (χ0n) is 12.3. The third kappa shape index (κ3) is 3.57. The highest BCUT2D eigenvalue weighted by Crippen LogP contribution is 2.31. The lowest BCUT2D eigenvalue weighted by Crippen LogP contribution is -2.35. The van der Waals surface area contributed by atoms with Gasteiger partial charge in [-0.25, -0.2) is 4.39 Å². The molecule has 0 spiro atoms. The van der Waals surface area contributed by atoms with Gasteiger partial charge in [0, 0.05) is 0 Å². The van der Waals surface area contributed by atoms with Crippen molar-refractivity contribution in [1.82, 2.24) is 0 Å². The summed E-state index contributed by atoms with van der Waals surface area (Å²) in [4.78, 5) is 12.4. The van der Waals surface area contributed by atoms with Gasteiger partial charge in [0.2, 0.25) is 5.91 Å². The molecule has 0 atom stereocenters. The third-order valence-corrected chi connectivity index (χ3v) is 3.37. The standard InChI is InChI=1S/C16H21FN2O/c1-4-8-16(11-18,9-5-2)15(20)19-14-10-12(3)6-7-13(14)17/h6-7,10H,4-5,8-9H2,1-3H3,(H,19,20). The molecule has 0 heterocycles. The number of aryl methyl sites for hydroxylation is 1. The number of amides is 1. The lowest BCUT2D eigenvalue weighted by Gasteiger charge is -2.24. The molecule has 0 saturated heterocycles. The Labute approximate surface area is 119 Å². The maximum Gasteiger partial charge on any atom is 0.244 e. The van der Waals surface area contributed by atoms with Crippen LogP contribution in [-0.4, -0.2) is 5.91 Å². The number of rotatable bonds is 6. The van der Waals surface area contributed by atoms with E-state index in [0.717, 1.165) is 18.4 Å². The van der Waals surface area contributed by atoms with Crippen LogP contribution < -0.4 is 5.32 Å². The maximum atomic E-state index is 13.7. The Morgan fingerprint density at radius 3 is 2.45 bits per heavy atom. The van der Waals surface area contributed by atoms with Crippen molar-refractivity contribution in [2.45, 2.75) is 46.5 Å². The second-order valence-corrected chi connectivity index (χ2v) is 5.13. The Bertz CT molecular complexity index is 514. The molecular formula is C16H21FN2O. The molecule has 0 saturated carbocycles. The predicted octanol–water partition coefficient (Wildman–Crippen LogP) is 4.18. The van der Waals surface area contributed by atoms with Crippen molar-refractivity contribution in [2.75, 3.05) is 5.32 Å². The number of carbonyl (C=O) groups is 1. The number of halogens is 1. The minimum Gasteiger partial charge on any atom is -0.322 e. The van der Waals surface area contributed by atoms with Gasteiger partial charge in [-0.3, -0.25) is 4.79 Å². The van der Waals surface area contributed by atoms with Crippen molar-refractivity contribution in [3.05, 3.63) is 29.6 Å². The van der Waals surface area contributed by atoms with Crippen LogP contribution in [0.4, 0.5) is 10.1 Å². The van der Waals surface area contributed by atoms with Gasteiger partial charge in [-0.15, -0.1) is 0 Å². The Hall–Kier alpha value is -1.89. The molecular weight excluding hydrogens is 255 g/mol. The van der Waals surface area contributed by atoms with E-state index in [9.17, 15) is 14.4 Å². The number of benzene rings is 1. The molecule has 0 radical (unpaired) electrons. The van der Waals surface area contributed by atoms with E-state index in [1.54, 1.807) is 12.1 Å². The Balaban J connectivity index is 3.02. The highest BCUT2D eigenvalue weighted by molar-refractivity contribution is 5.97. The zero-order chi connectivity index (χ0) is 15.2. The van der Waals surface area contributed by atoms with Crippen LogP contribution in [0.3, 0.4) is 0 Å². The van der Waals surface area contributed by atoms with Crippen LogP contribution >= 0.6 is 0 Å². The molecule has 20 heavy (non-hydrogen) atoms. The van der Waals surface area contributed by atoms with Crippen molar-refractivity contribution >= 4 is 11.6 Å². The summed E-state index contributed by atoms with van der Waals surface area (Å²) < 4.78 is 13.7. The first kappa shape index (κ1) is 16.2. The van der Waals surface area contributed by atoms with Gasteiger partial charge in [0.25, 0.3) is 0 Å². The zero-order valence-corrected chi connectivity index (χ0v) is 12.3. The van der Waals surface area contributed by atoms with E-state index in [2.05, 4.69) is 11.4 Å². The fourth-order valence-electron chi connectivity index (χ4n) is 2.35. The van der Waals surface area contributed by atoms with Crippen molar-refractivity contribution < 1.29 is 9.18 Å². The van der Waals surface area contributed by atoms with Gasteiger partial charge in [0.05, 0.1) is 11.8 Å². The average molecular weight is 276 g/mol. The number of nitrogens with zero attached hydrogens (tertiary/aromatic N) is 1. The lowest BCUT2D eigenvalue weighted by atomic mass is 9.79. The van der Waals surface area contributed by atoms with E-state index in [4.69, 9.17) is 0 Å². The van der Waals surface area contributed by atoms with Crippen LogP contribution in [0.5, 0.6) is 0 Å². The van der Waals surface area contributed by atoms with E-state index >= 15 is 0 Å². The Morgan fingerprint density at radius 1 is 1.35 bits per heavy atom. The fourth-order valence-corrected chi connectivity index (χ4v) is 2.35. The fraction of sp³-hybridized carbons (Fsp3) is 0.500. The van der Waals surface area contributed by atoms with E-state index in [1.165, 1.54) is 6.07 Å². The minimum atomic E-state index is -1.07. The second-order valence-electron chi connectivity index (χ2n) is 5.13. The van der Waals surface area contributed by atoms with Crippen LogP contribution in [-0.2, 0) is 4.79 Å². The molecule has 0 aliphatic rings. The van der Waals surface area contributed by atoms with Crippen LogP contribution in [0, 0.1) is 29.5 Å². The number of hydrogen-bond acceptors (Lipinski definition) is 2. The van der Waals surface area contributed by atoms with Gasteiger partial charge in [0.15, 0.2) is 0 Å². The van der Waals surface area contributed by atoms with E-state index < -0.39 is 17.1 Å². The normalized spacial score (nSPS) is 10.9. The lowest BCUT2D eigenvalue weighted by molar-refractivity contribution is -0.123. The molecule has 0 aliphatic carbocycles. The van der Waals surface area contributed by atoms with E-state index in [-0.39, 0.29) is 5.69 Å². The number of hydrogen-bond donors (Lipinski definition) is 1. The molecule has 0 unspecified atom stereocenters. The number of anilines is 1. The molecule has 1 rings (SSSR count). The Kier molecular flexibility index (Phi) is 5.69. The third-order valence-electron chi connectivity index (χ3n) is 3.37. The van der Waals surface area contributed by atoms with E-state index in [1.807, 2.05) is 20.8 Å². The molecule has 1 amide bonds. The molecule has 1 aromatic carbocycles. The largest absolute Gasteiger partial charge is 0.322 e. The smallest absolute Gasteiger partial charge is 0.244 e. The van der Waals surface area contributed by atoms with Gasteiger partial charge >= 0.3 is 0 Å². The molecule has 3 nitrogen and oxygen atoms in total. The SMILES string of the molecule is CCCC(C#N)(CCC)C(=O)Nc1cc(C)ccc1F. The summed E-state index contributed by atoms with van der Waals surface area (Å²) >= 11 is 0. The highest BCUT2D eigenvalue weighted by Gasteiger charge is 2.37. The van der Waals surface area contributed by atoms with E-state index in [0.29, 0.717) is 12.8 Å². The summed E-state index contributed by atoms with van der Waals surface area (Å²) in [6, 6.07) is 6.67. The predicted molar refractivity (Wildman–Crippen MR) is 77.6 cm³/mol. The van der Waals surface area contributed by atoms with Crippen molar-refractivity contribution in [1.29, 1.82) is 5.26 Å². The van der Waals surface area contributed by atoms with Gasteiger partial charge in [-0.1, -0.05) is 32.8 Å². The van der Waals surface area contributed by atoms with Gasteiger partial charge in [-0.05, 0) is 37.5 Å². The monoisotopic (exact) mass is 276 g/mol. The van der Waals surface area contributed by atoms with Crippen molar-refractivity contribution in [3.8, 4) is 6.07 Å². The molecule has 1 N–H and O–H groups in total. The first-order valence-corrected chi connectivity index (χ1v) is 6.98. The van der Waals surface area contributed by atoms with Crippen LogP contribution in [0.15, 0.2) is 18.2 Å². The van der Waals surface area contributed by atoms with Crippen LogP contribution in [0.2, 0.25) is 0 Å². The molecule has 108 valence electrons. The van der Waals surface area contributed by atoms with Crippen molar-refractivity contribution in [2.24, 2.45) is 5.41 Å². The quantitative estimate of drug-likeness (QED) is 0.847.